The third-order valence-electron chi connectivity index (χ3n) is 2.94. The number of piperidine rings is 1. The average molecular weight is 209 g/mol. The number of nitrogens with zero attached hydrogens (tertiary/aromatic N) is 1. The first-order valence-corrected chi connectivity index (χ1v) is 5.49. The molecule has 1 saturated heterocycles. The summed E-state index contributed by atoms with van der Waals surface area (Å²) in [6.45, 7) is 2.37. The quantitative estimate of drug-likeness (QED) is 0.686. The number of benzene rings is 1. The smallest absolute Gasteiger partial charge is 0.0409 e. The van der Waals surface area contributed by atoms with E-state index in [4.69, 9.17) is 11.6 Å². The molecule has 0 aromatic heterocycles. The van der Waals surface area contributed by atoms with E-state index in [-0.39, 0.29) is 0 Å². The summed E-state index contributed by atoms with van der Waals surface area (Å²) in [6.07, 6.45) is 2.46. The Bertz CT molecular complexity index is 303. The maximum atomic E-state index is 5.96. The zero-order valence-corrected chi connectivity index (χ0v) is 9.22. The molecule has 0 N–H and O–H groups in total. The molecule has 1 nitrogen and oxygen atoms in total. The van der Waals surface area contributed by atoms with Crippen LogP contribution in [0.4, 0.5) is 0 Å². The normalized spacial score (nSPS) is 19.9. The molecule has 1 aliphatic rings. The van der Waals surface area contributed by atoms with E-state index in [1.807, 2.05) is 12.1 Å². The molecule has 1 aliphatic heterocycles. The maximum absolute atomic E-state index is 5.96. The minimum Gasteiger partial charge on any atom is -0.306 e. The van der Waals surface area contributed by atoms with Gasteiger partial charge in [0.1, 0.15) is 0 Å². The van der Waals surface area contributed by atoms with Crippen LogP contribution < -0.4 is 0 Å². The minimum absolute atomic E-state index is 0.657. The lowest BCUT2D eigenvalue weighted by Gasteiger charge is -2.29. The molecule has 1 heterocycles. The van der Waals surface area contributed by atoms with E-state index < -0.39 is 0 Å². The van der Waals surface area contributed by atoms with Gasteiger partial charge >= 0.3 is 0 Å². The molecule has 75 valence electrons. The van der Waals surface area contributed by atoms with Crippen molar-refractivity contribution in [2.24, 2.45) is 0 Å². The fourth-order valence-corrected chi connectivity index (χ4v) is 2.19. The predicted molar refractivity (Wildman–Crippen MR) is 59.8 cm³/mol. The van der Waals surface area contributed by atoms with Crippen molar-refractivity contribution >= 4 is 11.6 Å². The minimum atomic E-state index is 0.657. The molecule has 0 spiro atoms. The Kier molecular flexibility index (Phi) is 3.09. The van der Waals surface area contributed by atoms with E-state index in [1.54, 1.807) is 0 Å². The second-order valence-corrected chi connectivity index (χ2v) is 4.48. The van der Waals surface area contributed by atoms with Crippen molar-refractivity contribution in [3.05, 3.63) is 34.9 Å². The van der Waals surface area contributed by atoms with Crippen LogP contribution >= 0.6 is 11.6 Å². The van der Waals surface area contributed by atoms with E-state index in [2.05, 4.69) is 24.1 Å². The van der Waals surface area contributed by atoms with Crippen molar-refractivity contribution in [3.63, 3.8) is 0 Å². The van der Waals surface area contributed by atoms with Crippen LogP contribution in [-0.4, -0.2) is 25.0 Å². The second kappa shape index (κ2) is 4.33. The highest BCUT2D eigenvalue weighted by Crippen LogP contribution is 2.28. The Morgan fingerprint density at radius 2 is 2.14 bits per heavy atom. The fourth-order valence-electron chi connectivity index (χ4n) is 2.01. The molecule has 1 radical (unpaired) electrons. The lowest BCUT2D eigenvalue weighted by atomic mass is 9.90. The molecule has 14 heavy (non-hydrogen) atoms. The number of hydrogen-bond donors (Lipinski definition) is 0. The van der Waals surface area contributed by atoms with Crippen LogP contribution in [0.2, 0.25) is 5.02 Å². The van der Waals surface area contributed by atoms with Gasteiger partial charge in [-0.25, -0.2) is 0 Å². The molecule has 1 aromatic rings. The van der Waals surface area contributed by atoms with E-state index in [1.165, 1.54) is 31.5 Å². The Labute approximate surface area is 90.7 Å². The van der Waals surface area contributed by atoms with Gasteiger partial charge in [0.25, 0.3) is 0 Å². The molecule has 0 saturated carbocycles. The van der Waals surface area contributed by atoms with Crippen molar-refractivity contribution in [1.29, 1.82) is 0 Å². The fraction of sp³-hybridized carbons (Fsp3) is 0.500. The van der Waals surface area contributed by atoms with Crippen LogP contribution in [0.1, 0.15) is 24.3 Å². The standard InChI is InChI=1S/C12H15ClN/c1-14-7-5-10(6-8-14)11-3-2-4-12(13)9-11/h2,4,9-10H,5-8H2,1H3. The highest BCUT2D eigenvalue weighted by atomic mass is 35.5. The molecular formula is C12H15ClN. The molecule has 0 atom stereocenters. The van der Waals surface area contributed by atoms with Gasteiger partial charge in [-0.2, -0.15) is 0 Å². The first-order valence-electron chi connectivity index (χ1n) is 5.11. The summed E-state index contributed by atoms with van der Waals surface area (Å²) in [5, 5.41) is 0.831. The molecule has 0 amide bonds. The summed E-state index contributed by atoms with van der Waals surface area (Å²) in [5.74, 6) is 0.657. The van der Waals surface area contributed by atoms with Crippen LogP contribution in [-0.2, 0) is 0 Å². The highest BCUT2D eigenvalue weighted by Gasteiger charge is 2.18. The second-order valence-electron chi connectivity index (χ2n) is 4.04. The third kappa shape index (κ3) is 2.28. The van der Waals surface area contributed by atoms with Crippen LogP contribution in [0.25, 0.3) is 0 Å². The SMILES string of the molecule is CN1CCC(c2[c]ccc(Cl)c2)CC1. The van der Waals surface area contributed by atoms with Gasteiger partial charge in [0.15, 0.2) is 0 Å². The molecule has 0 unspecified atom stereocenters. The average Bonchev–Trinajstić information content (AvgIpc) is 2.19. The molecule has 0 aliphatic carbocycles. The molecular weight excluding hydrogens is 194 g/mol. The van der Waals surface area contributed by atoms with Crippen molar-refractivity contribution in [2.45, 2.75) is 18.8 Å². The largest absolute Gasteiger partial charge is 0.306 e. The van der Waals surface area contributed by atoms with Crippen molar-refractivity contribution in [2.75, 3.05) is 20.1 Å². The molecule has 0 bridgehead atoms. The lowest BCUT2D eigenvalue weighted by molar-refractivity contribution is 0.255. The highest BCUT2D eigenvalue weighted by molar-refractivity contribution is 6.30. The van der Waals surface area contributed by atoms with Crippen molar-refractivity contribution in [1.82, 2.24) is 4.90 Å². The summed E-state index contributed by atoms with van der Waals surface area (Å²) in [7, 11) is 2.18. The van der Waals surface area contributed by atoms with Gasteiger partial charge in [-0.1, -0.05) is 17.7 Å². The van der Waals surface area contributed by atoms with Gasteiger partial charge in [0.05, 0.1) is 0 Å². The molecule has 1 fully saturated rings. The Morgan fingerprint density at radius 3 is 2.79 bits per heavy atom. The zero-order valence-electron chi connectivity index (χ0n) is 8.46. The zero-order chi connectivity index (χ0) is 9.97. The van der Waals surface area contributed by atoms with Gasteiger partial charge in [-0.15, -0.1) is 0 Å². The van der Waals surface area contributed by atoms with E-state index in [0.717, 1.165) is 5.02 Å². The Morgan fingerprint density at radius 1 is 1.43 bits per heavy atom. The number of halogens is 1. The number of likely N-dealkylation sites (tertiary alicyclic amines) is 1. The summed E-state index contributed by atoms with van der Waals surface area (Å²) >= 11 is 5.96. The number of hydrogen-bond acceptors (Lipinski definition) is 1. The van der Waals surface area contributed by atoms with Gasteiger partial charge in [-0.05, 0) is 62.7 Å². The molecule has 2 rings (SSSR count). The third-order valence-corrected chi connectivity index (χ3v) is 3.18. The van der Waals surface area contributed by atoms with Gasteiger partial charge in [0.2, 0.25) is 0 Å². The van der Waals surface area contributed by atoms with E-state index in [0.29, 0.717) is 5.92 Å². The van der Waals surface area contributed by atoms with Crippen LogP contribution in [0, 0.1) is 6.07 Å². The van der Waals surface area contributed by atoms with Gasteiger partial charge < -0.3 is 4.90 Å². The first-order chi connectivity index (χ1) is 6.75. The molecule has 2 heteroatoms. The lowest BCUT2D eigenvalue weighted by Crippen LogP contribution is -2.29. The van der Waals surface area contributed by atoms with E-state index >= 15 is 0 Å². The monoisotopic (exact) mass is 208 g/mol. The molecule has 1 aromatic carbocycles. The summed E-state index contributed by atoms with van der Waals surface area (Å²) < 4.78 is 0. The van der Waals surface area contributed by atoms with Gasteiger partial charge in [0, 0.05) is 5.02 Å². The topological polar surface area (TPSA) is 3.24 Å². The van der Waals surface area contributed by atoms with Crippen LogP contribution in [0.5, 0.6) is 0 Å². The van der Waals surface area contributed by atoms with E-state index in [9.17, 15) is 0 Å². The maximum Gasteiger partial charge on any atom is 0.0409 e. The van der Waals surface area contributed by atoms with Crippen molar-refractivity contribution < 1.29 is 0 Å². The first kappa shape index (κ1) is 10.0. The number of rotatable bonds is 1. The summed E-state index contributed by atoms with van der Waals surface area (Å²) in [4.78, 5) is 2.38. The Balaban J connectivity index is 2.08. The summed E-state index contributed by atoms with van der Waals surface area (Å²) in [6, 6.07) is 9.16. The van der Waals surface area contributed by atoms with Gasteiger partial charge in [-0.3, -0.25) is 0 Å². The Hall–Kier alpha value is -0.530. The van der Waals surface area contributed by atoms with Crippen LogP contribution in [0.15, 0.2) is 18.2 Å². The van der Waals surface area contributed by atoms with Crippen LogP contribution in [0.3, 0.4) is 0 Å². The summed E-state index contributed by atoms with van der Waals surface area (Å²) in [5.41, 5.74) is 1.28. The van der Waals surface area contributed by atoms with Crippen molar-refractivity contribution in [3.8, 4) is 0 Å². The predicted octanol–water partition coefficient (Wildman–Crippen LogP) is 2.95.